The van der Waals surface area contributed by atoms with Gasteiger partial charge in [-0.3, -0.25) is 8.92 Å². The van der Waals surface area contributed by atoms with Crippen molar-refractivity contribution in [3.05, 3.63) is 0 Å². The molecule has 0 fully saturated rings. The van der Waals surface area contributed by atoms with Crippen LogP contribution in [0.25, 0.3) is 0 Å². The summed E-state index contributed by atoms with van der Waals surface area (Å²) in [7, 11) is -1.42. The second kappa shape index (κ2) is 70.5. The van der Waals surface area contributed by atoms with Gasteiger partial charge >= 0.3 is 44.0 Å². The Kier molecular flexibility index (Phi) is 463. The molecule has 7 heteroatoms. The van der Waals surface area contributed by atoms with E-state index in [1.807, 2.05) is 0 Å². The van der Waals surface area contributed by atoms with Crippen LogP contribution in [0.3, 0.4) is 0 Å². The molecule has 0 saturated carbocycles. The number of rotatable bonds is 0. The van der Waals surface area contributed by atoms with Crippen LogP contribution >= 0.6 is 0 Å². The molecule has 0 amide bonds. The number of hydrogen-bond donors (Lipinski definition) is 0. The quantitative estimate of drug-likeness (QED) is 0.426. The van der Waals surface area contributed by atoms with Gasteiger partial charge in [0.2, 0.25) is 0 Å². The maximum absolute atomic E-state index is 8.40. The fourth-order valence-corrected chi connectivity index (χ4v) is 0. The van der Waals surface area contributed by atoms with Crippen molar-refractivity contribution in [2.45, 2.75) is 0 Å². The molecule has 1 radical (unpaired) electrons. The first-order valence-corrected chi connectivity index (χ1v) is 1.22. The Morgan fingerprint density at radius 1 is 1.00 bits per heavy atom. The molecule has 0 aliphatic rings. The Labute approximate surface area is 64.1 Å². The molecule has 0 aliphatic carbocycles. The molecule has 0 aromatic heterocycles. The van der Waals surface area contributed by atoms with Gasteiger partial charge in [0.15, 0.2) is 0 Å². The average molecular weight is 171 g/mol. The zero-order valence-electron chi connectivity index (χ0n) is 3.12. The smallest absolute Gasteiger partial charge is 2.00 e. The van der Waals surface area contributed by atoms with Gasteiger partial charge in [-0.15, -0.1) is 0 Å². The van der Waals surface area contributed by atoms with Gasteiger partial charge in [-0.2, -0.15) is 0 Å². The predicted octanol–water partition coefficient (Wildman–Crippen LogP) is -1.24. The Balaban J connectivity index is -0.00000000333. The van der Waals surface area contributed by atoms with Crippen molar-refractivity contribution in [3.63, 3.8) is 0 Å². The van der Waals surface area contributed by atoms with Crippen LogP contribution in [0.5, 0.6) is 0 Å². The summed E-state index contributed by atoms with van der Waals surface area (Å²) < 4.78 is 16.8. The number of hydrogen-bond acceptors (Lipinski definition) is 2. The Bertz CT molecular complexity index is 32.7. The molecule has 4 nitrogen and oxygen atoms in total. The van der Waals surface area contributed by atoms with E-state index in [4.69, 9.17) is 8.92 Å². The molecule has 0 saturated heterocycles. The molecular formula is AlCrO4Si+2. The zero-order chi connectivity index (χ0) is 2.71. The first kappa shape index (κ1) is 46.0. The third-order valence-corrected chi connectivity index (χ3v) is 0. The molecule has 0 rings (SSSR count). The molecule has 0 aliphatic heterocycles. The zero-order valence-corrected chi connectivity index (χ0v) is 6.55. The third-order valence-electron chi connectivity index (χ3n) is 0. The standard InChI is InChI=1S/Al.Cr.O2Si.2O/c;;1-3-2;;/q2*+3;;2*-2. The molecule has 0 unspecified atom stereocenters. The predicted molar refractivity (Wildman–Crippen MR) is 14.3 cm³/mol. The van der Waals surface area contributed by atoms with Gasteiger partial charge in [0.25, 0.3) is 0 Å². The minimum absolute atomic E-state index is 0. The summed E-state index contributed by atoms with van der Waals surface area (Å²) in [6.45, 7) is 0. The largest absolute Gasteiger partial charge is 3.00 e. The van der Waals surface area contributed by atoms with Crippen LogP contribution in [0.1, 0.15) is 0 Å². The summed E-state index contributed by atoms with van der Waals surface area (Å²) in [6.07, 6.45) is 0. The molecule has 0 bridgehead atoms. The van der Waals surface area contributed by atoms with Crippen LogP contribution in [-0.4, -0.2) is 26.7 Å². The van der Waals surface area contributed by atoms with Crippen LogP contribution in [0, 0.1) is 0 Å². The van der Waals surface area contributed by atoms with Gasteiger partial charge in [-0.1, -0.05) is 0 Å². The average Bonchev–Trinajstić information content (AvgIpc) is 0.918. The molecular weight excluding hydrogens is 171 g/mol. The molecule has 0 aromatic carbocycles. The topological polar surface area (TPSA) is 91.1 Å². The van der Waals surface area contributed by atoms with Crippen LogP contribution in [-0.2, 0) is 37.2 Å². The molecule has 35 valence electrons. The van der Waals surface area contributed by atoms with Crippen molar-refractivity contribution in [1.29, 1.82) is 0 Å². The summed E-state index contributed by atoms with van der Waals surface area (Å²) in [5.41, 5.74) is 0. The van der Waals surface area contributed by atoms with E-state index in [-0.39, 0.29) is 45.7 Å². The molecule has 0 heterocycles. The minimum atomic E-state index is -1.42. The maximum atomic E-state index is 8.40. The van der Waals surface area contributed by atoms with E-state index in [9.17, 15) is 0 Å². The SMILES string of the molecule is O=[Si]=O.[Al+3].[Cr+3].[O-2].[O-2]. The summed E-state index contributed by atoms with van der Waals surface area (Å²) in [6, 6.07) is 0. The Morgan fingerprint density at radius 2 is 1.00 bits per heavy atom. The van der Waals surface area contributed by atoms with Crippen molar-refractivity contribution in [3.8, 4) is 0 Å². The third kappa shape index (κ3) is 244. The van der Waals surface area contributed by atoms with Crippen molar-refractivity contribution < 1.29 is 37.2 Å². The second-order valence-electron chi connectivity index (χ2n) is 0.0833. The monoisotopic (exact) mass is 171 g/mol. The summed E-state index contributed by atoms with van der Waals surface area (Å²) >= 11 is 0. The van der Waals surface area contributed by atoms with Gasteiger partial charge in [0.05, 0.1) is 0 Å². The molecule has 7 heavy (non-hydrogen) atoms. The normalized spacial score (nSPS) is 1.14. The molecule has 0 spiro atoms. The van der Waals surface area contributed by atoms with E-state index in [1.165, 1.54) is 0 Å². The van der Waals surface area contributed by atoms with Crippen LogP contribution < -0.4 is 0 Å². The maximum Gasteiger partial charge on any atom is 3.00 e. The first-order chi connectivity index (χ1) is 1.41. The Morgan fingerprint density at radius 3 is 1.00 bits per heavy atom. The second-order valence-corrected chi connectivity index (χ2v) is 0.250. The molecule has 0 atom stereocenters. The van der Waals surface area contributed by atoms with Crippen LogP contribution in [0.15, 0.2) is 0 Å². The summed E-state index contributed by atoms with van der Waals surface area (Å²) in [5.74, 6) is 0. The molecule has 0 N–H and O–H groups in total. The van der Waals surface area contributed by atoms with Gasteiger partial charge in [0, 0.05) is 0 Å². The van der Waals surface area contributed by atoms with Crippen molar-refractivity contribution in [1.82, 2.24) is 0 Å². The fraction of sp³-hybridized carbons (Fsp3) is 0. The van der Waals surface area contributed by atoms with E-state index < -0.39 is 9.29 Å². The van der Waals surface area contributed by atoms with E-state index in [1.54, 1.807) is 0 Å². The van der Waals surface area contributed by atoms with Gasteiger partial charge < -0.3 is 11.0 Å². The van der Waals surface area contributed by atoms with Crippen molar-refractivity contribution in [2.75, 3.05) is 0 Å². The first-order valence-electron chi connectivity index (χ1n) is 0.408. The minimum Gasteiger partial charge on any atom is -2.00 e. The summed E-state index contributed by atoms with van der Waals surface area (Å²) in [5, 5.41) is 0. The summed E-state index contributed by atoms with van der Waals surface area (Å²) in [4.78, 5) is 0. The van der Waals surface area contributed by atoms with Gasteiger partial charge in [0.1, 0.15) is 0 Å². The van der Waals surface area contributed by atoms with E-state index >= 15 is 0 Å². The van der Waals surface area contributed by atoms with E-state index in [2.05, 4.69) is 0 Å². The van der Waals surface area contributed by atoms with Crippen LogP contribution in [0.2, 0.25) is 0 Å². The fourth-order valence-electron chi connectivity index (χ4n) is 0. The van der Waals surface area contributed by atoms with Gasteiger partial charge in [-0.05, 0) is 0 Å². The van der Waals surface area contributed by atoms with E-state index in [0.717, 1.165) is 0 Å². The van der Waals surface area contributed by atoms with Crippen LogP contribution in [0.4, 0.5) is 0 Å². The van der Waals surface area contributed by atoms with Crippen molar-refractivity contribution >= 4 is 26.7 Å². The van der Waals surface area contributed by atoms with E-state index in [0.29, 0.717) is 0 Å². The Hall–Kier alpha value is 0.802. The van der Waals surface area contributed by atoms with Crippen molar-refractivity contribution in [2.24, 2.45) is 0 Å². The molecule has 0 aromatic rings. The van der Waals surface area contributed by atoms with Gasteiger partial charge in [-0.25, -0.2) is 0 Å².